The van der Waals surface area contributed by atoms with E-state index in [-0.39, 0.29) is 11.8 Å². The van der Waals surface area contributed by atoms with Crippen molar-refractivity contribution in [3.8, 4) is 0 Å². The molecule has 5 heteroatoms. The third-order valence-electron chi connectivity index (χ3n) is 2.76. The van der Waals surface area contributed by atoms with Crippen LogP contribution in [0.1, 0.15) is 18.4 Å². The van der Waals surface area contributed by atoms with Crippen molar-refractivity contribution in [2.45, 2.75) is 12.8 Å². The minimum Gasteiger partial charge on any atom is -0.399 e. The molecule has 0 saturated heterocycles. The molecule has 1 aliphatic carbocycles. The minimum absolute atomic E-state index is 0.0905. The van der Waals surface area contributed by atoms with Gasteiger partial charge in [-0.3, -0.25) is 4.79 Å². The average molecular weight is 267 g/mol. The van der Waals surface area contributed by atoms with Crippen molar-refractivity contribution in [1.29, 1.82) is 0 Å². The molecule has 1 aromatic rings. The van der Waals surface area contributed by atoms with Crippen molar-refractivity contribution in [1.82, 2.24) is 5.32 Å². The van der Waals surface area contributed by atoms with Crippen molar-refractivity contribution >= 4 is 23.2 Å². The van der Waals surface area contributed by atoms with Crippen LogP contribution in [0.5, 0.6) is 0 Å². The Bertz CT molecular complexity index is 453. The molecule has 1 N–H and O–H groups in total. The Morgan fingerprint density at radius 2 is 2.11 bits per heavy atom. The average Bonchev–Trinajstić information content (AvgIpc) is 3.19. The molecule has 0 atom stereocenters. The van der Waals surface area contributed by atoms with E-state index in [4.69, 9.17) is 16.4 Å². The molecule has 2 rings (SSSR count). The van der Waals surface area contributed by atoms with Crippen LogP contribution in [0.25, 0.3) is 0 Å². The van der Waals surface area contributed by atoms with E-state index >= 15 is 0 Å². The molecule has 18 heavy (non-hydrogen) atoms. The van der Waals surface area contributed by atoms with Crippen molar-refractivity contribution in [3.05, 3.63) is 34.9 Å². The third-order valence-corrected chi connectivity index (χ3v) is 3.01. The lowest BCUT2D eigenvalue weighted by molar-refractivity contribution is -0.121. The second kappa shape index (κ2) is 5.87. The van der Waals surface area contributed by atoms with Crippen LogP contribution in [-0.2, 0) is 9.63 Å². The van der Waals surface area contributed by atoms with Gasteiger partial charge in [-0.2, -0.15) is 0 Å². The first kappa shape index (κ1) is 12.9. The fourth-order valence-electron chi connectivity index (χ4n) is 1.60. The third kappa shape index (κ3) is 3.47. The highest BCUT2D eigenvalue weighted by atomic mass is 35.5. The highest BCUT2D eigenvalue weighted by molar-refractivity contribution is 6.30. The lowest BCUT2D eigenvalue weighted by Crippen LogP contribution is -2.31. The SMILES string of the molecule is CON=C(CNC(=O)C1CC1)c1ccc(Cl)cc1. The minimum atomic E-state index is 0.0905. The van der Waals surface area contributed by atoms with E-state index in [0.29, 0.717) is 17.3 Å². The first-order valence-corrected chi connectivity index (χ1v) is 6.22. The van der Waals surface area contributed by atoms with Crippen LogP contribution in [0.2, 0.25) is 5.02 Å². The summed E-state index contributed by atoms with van der Waals surface area (Å²) in [5, 5.41) is 7.46. The standard InChI is InChI=1S/C13H15ClN2O2/c1-18-16-12(8-15-13(17)10-2-3-10)9-4-6-11(14)7-5-9/h4-7,10H,2-3,8H2,1H3,(H,15,17). The Morgan fingerprint density at radius 3 is 2.67 bits per heavy atom. The summed E-state index contributed by atoms with van der Waals surface area (Å²) in [6.45, 7) is 0.366. The molecule has 0 aromatic heterocycles. The van der Waals surface area contributed by atoms with Gasteiger partial charge in [0.25, 0.3) is 0 Å². The van der Waals surface area contributed by atoms with Gasteiger partial charge in [-0.05, 0) is 25.0 Å². The van der Waals surface area contributed by atoms with Gasteiger partial charge in [0.2, 0.25) is 5.91 Å². The molecule has 4 nitrogen and oxygen atoms in total. The Balaban J connectivity index is 2.01. The van der Waals surface area contributed by atoms with Crippen molar-refractivity contribution < 1.29 is 9.63 Å². The molecule has 0 spiro atoms. The van der Waals surface area contributed by atoms with E-state index in [1.165, 1.54) is 7.11 Å². The van der Waals surface area contributed by atoms with Crippen LogP contribution < -0.4 is 5.32 Å². The van der Waals surface area contributed by atoms with Gasteiger partial charge in [0.1, 0.15) is 12.8 Å². The van der Waals surface area contributed by atoms with Crippen LogP contribution in [0.15, 0.2) is 29.4 Å². The van der Waals surface area contributed by atoms with Crippen molar-refractivity contribution in [3.63, 3.8) is 0 Å². The number of amides is 1. The summed E-state index contributed by atoms with van der Waals surface area (Å²) in [6.07, 6.45) is 1.98. The highest BCUT2D eigenvalue weighted by Gasteiger charge is 2.29. The fraction of sp³-hybridized carbons (Fsp3) is 0.385. The maximum atomic E-state index is 11.6. The smallest absolute Gasteiger partial charge is 0.223 e. The summed E-state index contributed by atoms with van der Waals surface area (Å²) in [7, 11) is 1.48. The maximum absolute atomic E-state index is 11.6. The molecule has 0 bridgehead atoms. The highest BCUT2D eigenvalue weighted by Crippen LogP contribution is 2.28. The van der Waals surface area contributed by atoms with Crippen LogP contribution in [0.4, 0.5) is 0 Å². The molecule has 1 saturated carbocycles. The predicted molar refractivity (Wildman–Crippen MR) is 70.7 cm³/mol. The van der Waals surface area contributed by atoms with Gasteiger partial charge in [0.05, 0.1) is 6.54 Å². The monoisotopic (exact) mass is 266 g/mol. The zero-order chi connectivity index (χ0) is 13.0. The molecule has 0 aliphatic heterocycles. The Hall–Kier alpha value is -1.55. The first-order chi connectivity index (χ1) is 8.70. The second-order valence-electron chi connectivity index (χ2n) is 4.22. The topological polar surface area (TPSA) is 50.7 Å². The molecule has 0 heterocycles. The largest absolute Gasteiger partial charge is 0.399 e. The number of hydrogen-bond acceptors (Lipinski definition) is 3. The van der Waals surface area contributed by atoms with E-state index in [1.807, 2.05) is 12.1 Å². The number of nitrogens with one attached hydrogen (secondary N) is 1. The molecule has 96 valence electrons. The molecule has 1 aliphatic rings. The lowest BCUT2D eigenvalue weighted by Gasteiger charge is -2.07. The maximum Gasteiger partial charge on any atom is 0.223 e. The Morgan fingerprint density at radius 1 is 1.44 bits per heavy atom. The molecule has 1 aromatic carbocycles. The van der Waals surface area contributed by atoms with E-state index in [0.717, 1.165) is 18.4 Å². The summed E-state index contributed by atoms with van der Waals surface area (Å²) in [4.78, 5) is 16.4. The summed E-state index contributed by atoms with van der Waals surface area (Å²) >= 11 is 5.83. The summed E-state index contributed by atoms with van der Waals surface area (Å²) in [6, 6.07) is 7.27. The summed E-state index contributed by atoms with van der Waals surface area (Å²) < 4.78 is 0. The molecule has 1 fully saturated rings. The quantitative estimate of drug-likeness (QED) is 0.656. The number of oxime groups is 1. The van der Waals surface area contributed by atoms with Gasteiger partial charge in [0, 0.05) is 16.5 Å². The Kier molecular flexibility index (Phi) is 4.20. The number of benzene rings is 1. The van der Waals surface area contributed by atoms with Crippen LogP contribution >= 0.6 is 11.6 Å². The number of halogens is 1. The molecule has 0 radical (unpaired) electrons. The number of carbonyl (C=O) groups is 1. The van der Waals surface area contributed by atoms with Gasteiger partial charge in [-0.1, -0.05) is 28.9 Å². The van der Waals surface area contributed by atoms with Gasteiger partial charge in [0.15, 0.2) is 0 Å². The van der Waals surface area contributed by atoms with Gasteiger partial charge < -0.3 is 10.2 Å². The van der Waals surface area contributed by atoms with Crippen LogP contribution in [0, 0.1) is 5.92 Å². The van der Waals surface area contributed by atoms with E-state index in [9.17, 15) is 4.79 Å². The zero-order valence-corrected chi connectivity index (χ0v) is 10.9. The Labute approximate surface area is 111 Å². The van der Waals surface area contributed by atoms with Crippen LogP contribution in [0.3, 0.4) is 0 Å². The molecule has 0 unspecified atom stereocenters. The summed E-state index contributed by atoms with van der Waals surface area (Å²) in [5.74, 6) is 0.284. The zero-order valence-electron chi connectivity index (χ0n) is 10.1. The number of nitrogens with zero attached hydrogens (tertiary/aromatic N) is 1. The number of rotatable bonds is 5. The summed E-state index contributed by atoms with van der Waals surface area (Å²) in [5.41, 5.74) is 1.57. The van der Waals surface area contributed by atoms with Crippen LogP contribution in [-0.4, -0.2) is 25.3 Å². The first-order valence-electron chi connectivity index (χ1n) is 5.84. The molecular weight excluding hydrogens is 252 g/mol. The number of carbonyl (C=O) groups excluding carboxylic acids is 1. The van der Waals surface area contributed by atoms with Gasteiger partial charge >= 0.3 is 0 Å². The fourth-order valence-corrected chi connectivity index (χ4v) is 1.73. The van der Waals surface area contributed by atoms with E-state index < -0.39 is 0 Å². The second-order valence-corrected chi connectivity index (χ2v) is 4.66. The van der Waals surface area contributed by atoms with Crippen molar-refractivity contribution in [2.24, 2.45) is 11.1 Å². The normalized spacial score (nSPS) is 15.3. The van der Waals surface area contributed by atoms with E-state index in [1.54, 1.807) is 12.1 Å². The van der Waals surface area contributed by atoms with Gasteiger partial charge in [-0.15, -0.1) is 0 Å². The molecular formula is C13H15ClN2O2. The van der Waals surface area contributed by atoms with E-state index in [2.05, 4.69) is 10.5 Å². The van der Waals surface area contributed by atoms with Gasteiger partial charge in [-0.25, -0.2) is 0 Å². The van der Waals surface area contributed by atoms with Crippen molar-refractivity contribution in [2.75, 3.05) is 13.7 Å². The number of hydrogen-bond donors (Lipinski definition) is 1. The molecule has 1 amide bonds. The predicted octanol–water partition coefficient (Wildman–Crippen LogP) is 2.22. The lowest BCUT2D eigenvalue weighted by atomic mass is 10.1.